The third kappa shape index (κ3) is 4.89. The molecule has 27 heavy (non-hydrogen) atoms. The lowest BCUT2D eigenvalue weighted by Gasteiger charge is -2.11. The molecule has 0 spiro atoms. The molecule has 0 radical (unpaired) electrons. The molecule has 7 nitrogen and oxygen atoms in total. The Morgan fingerprint density at radius 2 is 2.15 bits per heavy atom. The van der Waals surface area contributed by atoms with Gasteiger partial charge in [-0.2, -0.15) is 5.10 Å². The van der Waals surface area contributed by atoms with Crippen molar-refractivity contribution >= 4 is 23.7 Å². The summed E-state index contributed by atoms with van der Waals surface area (Å²) < 4.78 is 12.2. The summed E-state index contributed by atoms with van der Waals surface area (Å²) in [6, 6.07) is 6.38. The SMILES string of the molecule is CCOc1c(Cl)cc(/C=N\NC(=O)c2cccn(C(C)C)c2=O)cc1OC. The Hall–Kier alpha value is -2.80. The van der Waals surface area contributed by atoms with Crippen LogP contribution in [0.3, 0.4) is 0 Å². The Labute approximate surface area is 162 Å². The lowest BCUT2D eigenvalue weighted by molar-refractivity contribution is 0.0953. The van der Waals surface area contributed by atoms with Crippen LogP contribution in [0.1, 0.15) is 42.7 Å². The molecule has 1 heterocycles. The topological polar surface area (TPSA) is 81.9 Å². The maximum atomic E-state index is 12.3. The number of nitrogens with zero attached hydrogens (tertiary/aromatic N) is 2. The second-order valence-corrected chi connectivity index (χ2v) is 6.30. The molecule has 0 unspecified atom stereocenters. The van der Waals surface area contributed by atoms with Crippen molar-refractivity contribution in [3.05, 3.63) is 57.0 Å². The molecule has 0 aliphatic rings. The number of amides is 1. The van der Waals surface area contributed by atoms with Gasteiger partial charge in [-0.05, 0) is 50.6 Å². The quantitative estimate of drug-likeness (QED) is 0.580. The van der Waals surface area contributed by atoms with E-state index in [4.69, 9.17) is 21.1 Å². The number of pyridine rings is 1. The third-order valence-corrected chi connectivity index (χ3v) is 3.98. The van der Waals surface area contributed by atoms with Crippen LogP contribution in [0.25, 0.3) is 0 Å². The van der Waals surface area contributed by atoms with Crippen LogP contribution in [-0.4, -0.2) is 30.4 Å². The summed E-state index contributed by atoms with van der Waals surface area (Å²) in [5.41, 5.74) is 2.61. The molecule has 144 valence electrons. The van der Waals surface area contributed by atoms with E-state index in [0.717, 1.165) is 0 Å². The van der Waals surface area contributed by atoms with Gasteiger partial charge in [0, 0.05) is 12.2 Å². The molecular formula is C19H22ClN3O4. The molecule has 0 atom stereocenters. The van der Waals surface area contributed by atoms with E-state index in [1.807, 2.05) is 20.8 Å². The minimum atomic E-state index is -0.588. The second kappa shape index (κ2) is 9.23. The van der Waals surface area contributed by atoms with Gasteiger partial charge >= 0.3 is 0 Å². The molecule has 2 rings (SSSR count). The normalized spacial score (nSPS) is 11.0. The molecule has 1 N–H and O–H groups in total. The number of methoxy groups -OCH3 is 1. The van der Waals surface area contributed by atoms with Gasteiger partial charge in [0.05, 0.1) is 25.0 Å². The molecule has 2 aromatic rings. The van der Waals surface area contributed by atoms with Crippen LogP contribution < -0.4 is 20.5 Å². The van der Waals surface area contributed by atoms with Gasteiger partial charge in [-0.15, -0.1) is 0 Å². The fourth-order valence-corrected chi connectivity index (χ4v) is 2.69. The number of nitrogens with one attached hydrogen (secondary N) is 1. The van der Waals surface area contributed by atoms with Crippen molar-refractivity contribution in [2.75, 3.05) is 13.7 Å². The van der Waals surface area contributed by atoms with Crippen molar-refractivity contribution in [2.24, 2.45) is 5.10 Å². The van der Waals surface area contributed by atoms with Gasteiger partial charge in [-0.3, -0.25) is 9.59 Å². The minimum Gasteiger partial charge on any atom is -0.493 e. The van der Waals surface area contributed by atoms with E-state index >= 15 is 0 Å². The van der Waals surface area contributed by atoms with E-state index < -0.39 is 5.91 Å². The molecular weight excluding hydrogens is 370 g/mol. The fraction of sp³-hybridized carbons (Fsp3) is 0.316. The Morgan fingerprint density at radius 1 is 1.41 bits per heavy atom. The van der Waals surface area contributed by atoms with Gasteiger partial charge in [0.25, 0.3) is 11.5 Å². The Balaban J connectivity index is 2.18. The van der Waals surface area contributed by atoms with Crippen LogP contribution in [0.5, 0.6) is 11.5 Å². The van der Waals surface area contributed by atoms with Gasteiger partial charge in [0.15, 0.2) is 11.5 Å². The molecule has 1 aromatic carbocycles. The number of aromatic nitrogens is 1. The lowest BCUT2D eigenvalue weighted by atomic mass is 10.2. The smallest absolute Gasteiger partial charge is 0.276 e. The molecule has 0 fully saturated rings. The van der Waals surface area contributed by atoms with Crippen LogP contribution in [0.2, 0.25) is 5.02 Å². The fourth-order valence-electron chi connectivity index (χ4n) is 2.41. The number of hydrogen-bond acceptors (Lipinski definition) is 5. The van der Waals surface area contributed by atoms with Crippen LogP contribution in [0, 0.1) is 0 Å². The highest BCUT2D eigenvalue weighted by Crippen LogP contribution is 2.35. The van der Waals surface area contributed by atoms with E-state index in [1.54, 1.807) is 24.4 Å². The number of halogens is 1. The summed E-state index contributed by atoms with van der Waals surface area (Å²) in [5, 5.41) is 4.27. The minimum absolute atomic E-state index is 0.0191. The Morgan fingerprint density at radius 3 is 2.78 bits per heavy atom. The predicted octanol–water partition coefficient (Wildman–Crippen LogP) is 3.25. The number of rotatable bonds is 7. The average molecular weight is 392 g/mol. The number of hydrazone groups is 1. The zero-order chi connectivity index (χ0) is 20.0. The van der Waals surface area contributed by atoms with Crippen molar-refractivity contribution in [1.29, 1.82) is 0 Å². The van der Waals surface area contributed by atoms with Gasteiger partial charge in [-0.25, -0.2) is 5.43 Å². The maximum absolute atomic E-state index is 12.3. The predicted molar refractivity (Wildman–Crippen MR) is 105 cm³/mol. The molecule has 1 aromatic heterocycles. The monoisotopic (exact) mass is 391 g/mol. The van der Waals surface area contributed by atoms with E-state index in [2.05, 4.69) is 10.5 Å². The molecule has 1 amide bonds. The number of carbonyl (C=O) groups excluding carboxylic acids is 1. The van der Waals surface area contributed by atoms with Crippen LogP contribution in [0.15, 0.2) is 40.4 Å². The van der Waals surface area contributed by atoms with Gasteiger partial charge in [0.1, 0.15) is 5.56 Å². The third-order valence-electron chi connectivity index (χ3n) is 3.70. The Bertz CT molecular complexity index is 906. The number of hydrogen-bond donors (Lipinski definition) is 1. The van der Waals surface area contributed by atoms with Crippen molar-refractivity contribution in [3.8, 4) is 11.5 Å². The lowest BCUT2D eigenvalue weighted by Crippen LogP contribution is -2.31. The average Bonchev–Trinajstić information content (AvgIpc) is 2.63. The summed E-state index contributed by atoms with van der Waals surface area (Å²) in [4.78, 5) is 24.6. The van der Waals surface area contributed by atoms with E-state index in [0.29, 0.717) is 28.7 Å². The highest BCUT2D eigenvalue weighted by Gasteiger charge is 2.13. The number of benzene rings is 1. The summed E-state index contributed by atoms with van der Waals surface area (Å²) >= 11 is 6.20. The van der Waals surface area contributed by atoms with Crippen LogP contribution in [0.4, 0.5) is 0 Å². The van der Waals surface area contributed by atoms with Crippen molar-refractivity contribution < 1.29 is 14.3 Å². The van der Waals surface area contributed by atoms with Crippen LogP contribution >= 0.6 is 11.6 Å². The molecule has 0 bridgehead atoms. The highest BCUT2D eigenvalue weighted by atomic mass is 35.5. The largest absolute Gasteiger partial charge is 0.493 e. The van der Waals surface area contributed by atoms with Gasteiger partial charge in [0.2, 0.25) is 0 Å². The molecule has 0 aliphatic heterocycles. The van der Waals surface area contributed by atoms with Gasteiger partial charge in [-0.1, -0.05) is 11.6 Å². The van der Waals surface area contributed by atoms with Gasteiger partial charge < -0.3 is 14.0 Å². The summed E-state index contributed by atoms with van der Waals surface area (Å²) in [6.07, 6.45) is 3.05. The summed E-state index contributed by atoms with van der Waals surface area (Å²) in [6.45, 7) is 6.02. The van der Waals surface area contributed by atoms with Crippen molar-refractivity contribution in [3.63, 3.8) is 0 Å². The first kappa shape index (κ1) is 20.5. The maximum Gasteiger partial charge on any atom is 0.276 e. The van der Waals surface area contributed by atoms with E-state index in [9.17, 15) is 9.59 Å². The van der Waals surface area contributed by atoms with E-state index in [1.165, 1.54) is 24.0 Å². The van der Waals surface area contributed by atoms with Crippen LogP contribution in [-0.2, 0) is 0 Å². The molecule has 8 heteroatoms. The summed E-state index contributed by atoms with van der Waals surface area (Å²) in [7, 11) is 1.51. The zero-order valence-corrected chi connectivity index (χ0v) is 16.4. The first-order chi connectivity index (χ1) is 12.9. The first-order valence-electron chi connectivity index (χ1n) is 8.43. The summed E-state index contributed by atoms with van der Waals surface area (Å²) in [5.74, 6) is 0.316. The molecule has 0 saturated carbocycles. The molecule has 0 aliphatic carbocycles. The Kier molecular flexibility index (Phi) is 7.01. The first-order valence-corrected chi connectivity index (χ1v) is 8.81. The van der Waals surface area contributed by atoms with Crippen molar-refractivity contribution in [1.82, 2.24) is 9.99 Å². The standard InChI is InChI=1S/C19H22ClN3O4/c1-5-27-17-15(20)9-13(10-16(17)26-4)11-21-22-18(24)14-7-6-8-23(12(2)3)19(14)25/h6-12H,5H2,1-4H3,(H,22,24)/b21-11-. The highest BCUT2D eigenvalue weighted by molar-refractivity contribution is 6.32. The van der Waals surface area contributed by atoms with Crippen molar-refractivity contribution in [2.45, 2.75) is 26.8 Å². The second-order valence-electron chi connectivity index (χ2n) is 5.89. The zero-order valence-electron chi connectivity index (χ0n) is 15.7. The number of ether oxygens (including phenoxy) is 2. The number of carbonyl (C=O) groups is 1. The van der Waals surface area contributed by atoms with E-state index in [-0.39, 0.29) is 17.2 Å². The molecule has 0 saturated heterocycles.